The topological polar surface area (TPSA) is 9.23 Å². The fourth-order valence-electron chi connectivity index (χ4n) is 1.20. The minimum Gasteiger partial charge on any atom is -0.464 e. The molecule has 0 bridgehead atoms. The standard InChI is InChI=1S/C12H10O/c1-10-7-8-13-12(9-10)11-5-3-2-4-6-11/h2-9H,1H2. The summed E-state index contributed by atoms with van der Waals surface area (Å²) in [5.74, 6) is 0.855. The zero-order chi connectivity index (χ0) is 9.10. The summed E-state index contributed by atoms with van der Waals surface area (Å²) in [7, 11) is 0. The highest BCUT2D eigenvalue weighted by atomic mass is 16.5. The number of hydrogen-bond acceptors (Lipinski definition) is 1. The van der Waals surface area contributed by atoms with Gasteiger partial charge in [-0.3, -0.25) is 0 Å². The molecule has 0 aromatic heterocycles. The Morgan fingerprint density at radius 1 is 1.08 bits per heavy atom. The maximum absolute atomic E-state index is 5.35. The first kappa shape index (κ1) is 7.87. The van der Waals surface area contributed by atoms with Gasteiger partial charge in [-0.05, 0) is 17.7 Å². The van der Waals surface area contributed by atoms with Gasteiger partial charge >= 0.3 is 0 Å². The lowest BCUT2D eigenvalue weighted by atomic mass is 10.1. The van der Waals surface area contributed by atoms with Crippen LogP contribution in [0.5, 0.6) is 0 Å². The second-order valence-corrected chi connectivity index (χ2v) is 2.87. The molecule has 1 nitrogen and oxygen atoms in total. The summed E-state index contributed by atoms with van der Waals surface area (Å²) in [5.41, 5.74) is 2.04. The first-order valence-electron chi connectivity index (χ1n) is 4.15. The Hall–Kier alpha value is -1.76. The molecule has 0 fully saturated rings. The third-order valence-corrected chi connectivity index (χ3v) is 1.85. The van der Waals surface area contributed by atoms with Crippen molar-refractivity contribution in [2.75, 3.05) is 0 Å². The molecule has 0 N–H and O–H groups in total. The van der Waals surface area contributed by atoms with E-state index in [9.17, 15) is 0 Å². The fraction of sp³-hybridized carbons (Fsp3) is 0. The Morgan fingerprint density at radius 2 is 1.85 bits per heavy atom. The molecule has 0 spiro atoms. The fourth-order valence-corrected chi connectivity index (χ4v) is 1.20. The molecule has 1 aliphatic rings. The summed E-state index contributed by atoms with van der Waals surface area (Å²) in [4.78, 5) is 0. The number of ether oxygens (including phenoxy) is 1. The summed E-state index contributed by atoms with van der Waals surface area (Å²) in [6.07, 6.45) is 5.42. The maximum Gasteiger partial charge on any atom is 0.134 e. The Morgan fingerprint density at radius 3 is 2.54 bits per heavy atom. The number of hydrogen-bond donors (Lipinski definition) is 0. The van der Waals surface area contributed by atoms with Gasteiger partial charge in [-0.15, -0.1) is 0 Å². The second kappa shape index (κ2) is 3.31. The highest BCUT2D eigenvalue weighted by Gasteiger charge is 2.03. The third-order valence-electron chi connectivity index (χ3n) is 1.85. The van der Waals surface area contributed by atoms with Gasteiger partial charge in [0.1, 0.15) is 5.76 Å². The zero-order valence-corrected chi connectivity index (χ0v) is 7.23. The predicted molar refractivity (Wildman–Crippen MR) is 53.8 cm³/mol. The van der Waals surface area contributed by atoms with Crippen LogP contribution in [-0.2, 0) is 4.74 Å². The Labute approximate surface area is 77.7 Å². The molecule has 1 aromatic carbocycles. The predicted octanol–water partition coefficient (Wildman–Crippen LogP) is 3.13. The summed E-state index contributed by atoms with van der Waals surface area (Å²) in [6, 6.07) is 9.98. The third kappa shape index (κ3) is 1.70. The van der Waals surface area contributed by atoms with Crippen molar-refractivity contribution < 1.29 is 4.74 Å². The molecule has 2 rings (SSSR count). The molecule has 1 aromatic rings. The molecule has 1 aliphatic heterocycles. The smallest absolute Gasteiger partial charge is 0.134 e. The van der Waals surface area contributed by atoms with Crippen LogP contribution in [0, 0.1) is 0 Å². The van der Waals surface area contributed by atoms with Crippen molar-refractivity contribution in [3.63, 3.8) is 0 Å². The molecule has 0 amide bonds. The minimum absolute atomic E-state index is 0.855. The molecule has 64 valence electrons. The van der Waals surface area contributed by atoms with Gasteiger partial charge in [-0.2, -0.15) is 0 Å². The molecule has 0 saturated heterocycles. The van der Waals surface area contributed by atoms with E-state index < -0.39 is 0 Å². The zero-order valence-electron chi connectivity index (χ0n) is 7.23. The Kier molecular flexibility index (Phi) is 2.01. The van der Waals surface area contributed by atoms with Crippen molar-refractivity contribution in [2.45, 2.75) is 0 Å². The van der Waals surface area contributed by atoms with Crippen molar-refractivity contribution in [3.8, 4) is 0 Å². The van der Waals surface area contributed by atoms with E-state index in [-0.39, 0.29) is 0 Å². The van der Waals surface area contributed by atoms with Crippen molar-refractivity contribution >= 4 is 5.76 Å². The number of rotatable bonds is 1. The highest BCUT2D eigenvalue weighted by Crippen LogP contribution is 2.21. The van der Waals surface area contributed by atoms with Crippen LogP contribution in [0.15, 0.2) is 60.9 Å². The Bertz CT molecular complexity index is 371. The van der Waals surface area contributed by atoms with Crippen LogP contribution in [0.3, 0.4) is 0 Å². The quantitative estimate of drug-likeness (QED) is 0.629. The molecular weight excluding hydrogens is 160 g/mol. The normalized spacial score (nSPS) is 15.1. The van der Waals surface area contributed by atoms with E-state index in [4.69, 9.17) is 4.74 Å². The van der Waals surface area contributed by atoms with E-state index in [0.29, 0.717) is 0 Å². The monoisotopic (exact) mass is 170 g/mol. The van der Waals surface area contributed by atoms with Gasteiger partial charge in [-0.25, -0.2) is 0 Å². The molecule has 0 atom stereocenters. The van der Waals surface area contributed by atoms with Crippen LogP contribution in [0.25, 0.3) is 5.76 Å². The molecule has 0 unspecified atom stereocenters. The molecule has 0 aliphatic carbocycles. The first-order chi connectivity index (χ1) is 6.36. The summed E-state index contributed by atoms with van der Waals surface area (Å²) in [6.45, 7) is 3.85. The van der Waals surface area contributed by atoms with Gasteiger partial charge in [0.25, 0.3) is 0 Å². The van der Waals surface area contributed by atoms with Crippen LogP contribution in [-0.4, -0.2) is 0 Å². The van der Waals surface area contributed by atoms with Crippen molar-refractivity contribution in [1.29, 1.82) is 0 Å². The maximum atomic E-state index is 5.35. The van der Waals surface area contributed by atoms with Gasteiger partial charge in [0.15, 0.2) is 0 Å². The van der Waals surface area contributed by atoms with Gasteiger partial charge in [0.05, 0.1) is 6.26 Å². The van der Waals surface area contributed by atoms with Gasteiger partial charge in [0.2, 0.25) is 0 Å². The summed E-state index contributed by atoms with van der Waals surface area (Å²) in [5, 5.41) is 0. The largest absolute Gasteiger partial charge is 0.464 e. The van der Waals surface area contributed by atoms with E-state index in [1.54, 1.807) is 6.26 Å². The van der Waals surface area contributed by atoms with Crippen LogP contribution < -0.4 is 0 Å². The molecular formula is C12H10O. The SMILES string of the molecule is C=C1C=COC(c2ccccc2)=C1. The minimum atomic E-state index is 0.855. The molecule has 1 heterocycles. The van der Waals surface area contributed by atoms with Crippen LogP contribution in [0.2, 0.25) is 0 Å². The lowest BCUT2D eigenvalue weighted by Gasteiger charge is -2.10. The van der Waals surface area contributed by atoms with Crippen LogP contribution in [0.4, 0.5) is 0 Å². The molecule has 13 heavy (non-hydrogen) atoms. The van der Waals surface area contributed by atoms with Crippen molar-refractivity contribution in [3.05, 3.63) is 66.5 Å². The number of allylic oxidation sites excluding steroid dienone is 3. The lowest BCUT2D eigenvalue weighted by Crippen LogP contribution is -1.90. The van der Waals surface area contributed by atoms with E-state index in [2.05, 4.69) is 6.58 Å². The average Bonchev–Trinajstić information content (AvgIpc) is 2.19. The summed E-state index contributed by atoms with van der Waals surface area (Å²) < 4.78 is 5.35. The molecule has 0 saturated carbocycles. The summed E-state index contributed by atoms with van der Waals surface area (Å²) >= 11 is 0. The van der Waals surface area contributed by atoms with Crippen molar-refractivity contribution in [1.82, 2.24) is 0 Å². The van der Waals surface area contributed by atoms with Gasteiger partial charge < -0.3 is 4.74 Å². The van der Waals surface area contributed by atoms with Crippen LogP contribution >= 0.6 is 0 Å². The van der Waals surface area contributed by atoms with E-state index in [1.807, 2.05) is 42.5 Å². The lowest BCUT2D eigenvalue weighted by molar-refractivity contribution is 0.432. The highest BCUT2D eigenvalue weighted by molar-refractivity contribution is 5.65. The number of benzene rings is 1. The van der Waals surface area contributed by atoms with E-state index in [0.717, 1.165) is 16.9 Å². The first-order valence-corrected chi connectivity index (χ1v) is 4.15. The second-order valence-electron chi connectivity index (χ2n) is 2.87. The van der Waals surface area contributed by atoms with Crippen LogP contribution in [0.1, 0.15) is 5.56 Å². The van der Waals surface area contributed by atoms with E-state index >= 15 is 0 Å². The average molecular weight is 170 g/mol. The van der Waals surface area contributed by atoms with E-state index in [1.165, 1.54) is 0 Å². The van der Waals surface area contributed by atoms with Gasteiger partial charge in [0, 0.05) is 5.56 Å². The molecule has 1 heteroatoms. The Balaban J connectivity index is 2.33. The van der Waals surface area contributed by atoms with Crippen molar-refractivity contribution in [2.24, 2.45) is 0 Å². The van der Waals surface area contributed by atoms with Gasteiger partial charge in [-0.1, -0.05) is 36.9 Å². The molecule has 0 radical (unpaired) electrons.